The first-order valence-corrected chi connectivity index (χ1v) is 9.89. The van der Waals surface area contributed by atoms with Crippen LogP contribution in [-0.2, 0) is 23.0 Å². The van der Waals surface area contributed by atoms with Crippen molar-refractivity contribution in [1.29, 1.82) is 0 Å². The highest BCUT2D eigenvalue weighted by Gasteiger charge is 2.27. The molecule has 2 heterocycles. The highest BCUT2D eigenvalue weighted by molar-refractivity contribution is 7.89. The lowest BCUT2D eigenvalue weighted by Crippen LogP contribution is -2.37. The van der Waals surface area contributed by atoms with E-state index in [1.165, 1.54) is 34.8 Å². The van der Waals surface area contributed by atoms with Gasteiger partial charge in [0.15, 0.2) is 0 Å². The average molecular weight is 378 g/mol. The maximum Gasteiger partial charge on any atom is 0.258 e. The highest BCUT2D eigenvalue weighted by atomic mass is 32.2. The van der Waals surface area contributed by atoms with Gasteiger partial charge in [-0.2, -0.15) is 4.31 Å². The molecule has 0 unspecified atom stereocenters. The number of carbonyl (C=O) groups is 1. The Bertz CT molecular complexity index is 916. The molecule has 1 N–H and O–H groups in total. The molecule has 1 amide bonds. The number of nitrogens with zero attached hydrogens (tertiary/aromatic N) is 3. The maximum atomic E-state index is 12.9. The first kappa shape index (κ1) is 18.4. The van der Waals surface area contributed by atoms with Crippen LogP contribution in [0.25, 0.3) is 0 Å². The Kier molecular flexibility index (Phi) is 5.28. The molecule has 0 aliphatic carbocycles. The van der Waals surface area contributed by atoms with Gasteiger partial charge in [-0.25, -0.2) is 22.8 Å². The second-order valence-corrected chi connectivity index (χ2v) is 8.11. The van der Waals surface area contributed by atoms with E-state index in [4.69, 9.17) is 0 Å². The monoisotopic (exact) mass is 378 g/mol. The van der Waals surface area contributed by atoms with E-state index in [0.29, 0.717) is 24.9 Å². The lowest BCUT2D eigenvalue weighted by atomic mass is 10.1. The number of nitrogens with one attached hydrogen (secondary N) is 1. The topological polar surface area (TPSA) is 92.3 Å². The quantitative estimate of drug-likeness (QED) is 0.859. The van der Waals surface area contributed by atoms with Crippen molar-refractivity contribution >= 4 is 21.9 Å². The van der Waals surface area contributed by atoms with Crippen molar-refractivity contribution < 1.29 is 17.6 Å². The SMILES string of the molecule is CCCS(=O)(=O)N1CCc2nc(NC(=O)c3ccc(F)cc3)ncc2C1. The lowest BCUT2D eigenvalue weighted by Gasteiger charge is -2.27. The van der Waals surface area contributed by atoms with Gasteiger partial charge in [0, 0.05) is 36.8 Å². The number of benzene rings is 1. The fraction of sp³-hybridized carbons (Fsp3) is 0.353. The van der Waals surface area contributed by atoms with Gasteiger partial charge in [-0.05, 0) is 30.7 Å². The van der Waals surface area contributed by atoms with E-state index in [0.717, 1.165) is 11.3 Å². The molecule has 0 bridgehead atoms. The molecule has 3 rings (SSSR count). The Hall–Kier alpha value is -2.39. The molecule has 0 saturated carbocycles. The van der Waals surface area contributed by atoms with Crippen LogP contribution in [0.2, 0.25) is 0 Å². The molecule has 26 heavy (non-hydrogen) atoms. The highest BCUT2D eigenvalue weighted by Crippen LogP contribution is 2.21. The number of amides is 1. The van der Waals surface area contributed by atoms with Crippen LogP contribution in [-0.4, -0.2) is 40.9 Å². The van der Waals surface area contributed by atoms with Crippen LogP contribution in [0.3, 0.4) is 0 Å². The summed E-state index contributed by atoms with van der Waals surface area (Å²) < 4.78 is 38.7. The summed E-state index contributed by atoms with van der Waals surface area (Å²) in [5.41, 5.74) is 1.75. The summed E-state index contributed by atoms with van der Waals surface area (Å²) in [7, 11) is -3.27. The molecule has 7 nitrogen and oxygen atoms in total. The molecule has 0 atom stereocenters. The van der Waals surface area contributed by atoms with E-state index in [1.807, 2.05) is 6.92 Å². The minimum Gasteiger partial charge on any atom is -0.290 e. The number of hydrogen-bond acceptors (Lipinski definition) is 5. The van der Waals surface area contributed by atoms with Gasteiger partial charge in [0.05, 0.1) is 11.4 Å². The Balaban J connectivity index is 1.72. The summed E-state index contributed by atoms with van der Waals surface area (Å²) in [6.07, 6.45) is 2.56. The number of rotatable bonds is 5. The zero-order valence-corrected chi connectivity index (χ0v) is 15.1. The third kappa shape index (κ3) is 4.05. The van der Waals surface area contributed by atoms with Crippen LogP contribution in [0.1, 0.15) is 35.0 Å². The van der Waals surface area contributed by atoms with E-state index in [-0.39, 0.29) is 18.2 Å². The van der Waals surface area contributed by atoms with Gasteiger partial charge in [-0.1, -0.05) is 6.92 Å². The first-order chi connectivity index (χ1) is 12.4. The number of fused-ring (bicyclic) bond motifs is 1. The van der Waals surface area contributed by atoms with E-state index in [1.54, 1.807) is 0 Å². The first-order valence-electron chi connectivity index (χ1n) is 8.28. The van der Waals surface area contributed by atoms with Crippen molar-refractivity contribution in [2.24, 2.45) is 0 Å². The Morgan fingerprint density at radius 1 is 1.31 bits per heavy atom. The molecule has 0 saturated heterocycles. The van der Waals surface area contributed by atoms with Gasteiger partial charge in [0.25, 0.3) is 5.91 Å². The normalized spacial score (nSPS) is 14.7. The number of sulfonamides is 1. The summed E-state index contributed by atoms with van der Waals surface area (Å²) in [6, 6.07) is 5.15. The minimum atomic E-state index is -3.27. The van der Waals surface area contributed by atoms with Crippen molar-refractivity contribution in [3.63, 3.8) is 0 Å². The third-order valence-corrected chi connectivity index (χ3v) is 6.11. The molecular weight excluding hydrogens is 359 g/mol. The average Bonchev–Trinajstić information content (AvgIpc) is 2.61. The zero-order chi connectivity index (χ0) is 18.7. The third-order valence-electron chi connectivity index (χ3n) is 4.09. The Morgan fingerprint density at radius 3 is 2.73 bits per heavy atom. The number of halogens is 1. The number of anilines is 1. The number of hydrogen-bond donors (Lipinski definition) is 1. The minimum absolute atomic E-state index is 0.120. The van der Waals surface area contributed by atoms with E-state index >= 15 is 0 Å². The molecule has 1 aliphatic heterocycles. The van der Waals surface area contributed by atoms with Crippen molar-refractivity contribution in [3.8, 4) is 0 Å². The van der Waals surface area contributed by atoms with Crippen LogP contribution in [0.15, 0.2) is 30.5 Å². The van der Waals surface area contributed by atoms with Gasteiger partial charge in [-0.15, -0.1) is 0 Å². The van der Waals surface area contributed by atoms with E-state index < -0.39 is 21.7 Å². The standard InChI is InChI=1S/C17H19FN4O3S/c1-2-9-26(24,25)22-8-7-15-13(11-22)10-19-17(20-15)21-16(23)12-3-5-14(18)6-4-12/h3-6,10H,2,7-9,11H2,1H3,(H,19,20,21,23). The molecule has 0 radical (unpaired) electrons. The smallest absolute Gasteiger partial charge is 0.258 e. The van der Waals surface area contributed by atoms with Gasteiger partial charge in [0.2, 0.25) is 16.0 Å². The van der Waals surface area contributed by atoms with Crippen LogP contribution in [0.5, 0.6) is 0 Å². The predicted octanol–water partition coefficient (Wildman–Crippen LogP) is 1.97. The Morgan fingerprint density at radius 2 is 2.04 bits per heavy atom. The van der Waals surface area contributed by atoms with Gasteiger partial charge >= 0.3 is 0 Å². The van der Waals surface area contributed by atoms with Crippen LogP contribution < -0.4 is 5.32 Å². The van der Waals surface area contributed by atoms with Crippen molar-refractivity contribution in [2.45, 2.75) is 26.3 Å². The largest absolute Gasteiger partial charge is 0.290 e. The molecule has 1 aliphatic rings. The Labute approximate surface area is 151 Å². The number of carbonyl (C=O) groups excluding carboxylic acids is 1. The van der Waals surface area contributed by atoms with Gasteiger partial charge in [0.1, 0.15) is 5.82 Å². The zero-order valence-electron chi connectivity index (χ0n) is 14.3. The van der Waals surface area contributed by atoms with E-state index in [9.17, 15) is 17.6 Å². The van der Waals surface area contributed by atoms with Crippen molar-refractivity contribution in [2.75, 3.05) is 17.6 Å². The van der Waals surface area contributed by atoms with Crippen LogP contribution in [0, 0.1) is 5.82 Å². The molecule has 2 aromatic rings. The molecule has 9 heteroatoms. The molecule has 0 fully saturated rings. The number of aromatic nitrogens is 2. The van der Waals surface area contributed by atoms with Crippen LogP contribution >= 0.6 is 0 Å². The summed E-state index contributed by atoms with van der Waals surface area (Å²) >= 11 is 0. The molecule has 1 aromatic carbocycles. The summed E-state index contributed by atoms with van der Waals surface area (Å²) in [5.74, 6) is -0.598. The van der Waals surface area contributed by atoms with Crippen molar-refractivity contribution in [3.05, 3.63) is 53.1 Å². The second-order valence-electron chi connectivity index (χ2n) is 6.03. The second kappa shape index (κ2) is 7.46. The summed E-state index contributed by atoms with van der Waals surface area (Å²) in [5, 5.41) is 2.57. The molecular formula is C17H19FN4O3S. The molecule has 138 valence electrons. The van der Waals surface area contributed by atoms with Gasteiger partial charge < -0.3 is 0 Å². The van der Waals surface area contributed by atoms with Crippen LogP contribution in [0.4, 0.5) is 10.3 Å². The summed E-state index contributed by atoms with van der Waals surface area (Å²) in [4.78, 5) is 20.6. The fourth-order valence-corrected chi connectivity index (χ4v) is 4.23. The molecule has 0 spiro atoms. The molecule has 1 aromatic heterocycles. The fourth-order valence-electron chi connectivity index (χ4n) is 2.75. The lowest BCUT2D eigenvalue weighted by molar-refractivity contribution is 0.102. The summed E-state index contributed by atoms with van der Waals surface area (Å²) in [6.45, 7) is 2.43. The van der Waals surface area contributed by atoms with Gasteiger partial charge in [-0.3, -0.25) is 10.1 Å². The van der Waals surface area contributed by atoms with E-state index in [2.05, 4.69) is 15.3 Å². The predicted molar refractivity (Wildman–Crippen MR) is 94.6 cm³/mol. The maximum absolute atomic E-state index is 12.9. The van der Waals surface area contributed by atoms with Crippen molar-refractivity contribution in [1.82, 2.24) is 14.3 Å².